The molecule has 0 radical (unpaired) electrons. The predicted molar refractivity (Wildman–Crippen MR) is 86.1 cm³/mol. The van der Waals surface area contributed by atoms with Crippen LogP contribution in [0.2, 0.25) is 0 Å². The molecule has 1 aromatic heterocycles. The van der Waals surface area contributed by atoms with Crippen LogP contribution in [0.15, 0.2) is 6.20 Å². The van der Waals surface area contributed by atoms with Crippen LogP contribution in [-0.2, 0) is 6.54 Å². The van der Waals surface area contributed by atoms with Crippen LogP contribution in [-0.4, -0.2) is 16.1 Å². The maximum Gasteiger partial charge on any atom is 0.203 e. The maximum atomic E-state index is 4.63. The van der Waals surface area contributed by atoms with E-state index in [9.17, 15) is 0 Å². The Morgan fingerprint density at radius 3 is 2.55 bits per heavy atom. The summed E-state index contributed by atoms with van der Waals surface area (Å²) in [5.74, 6) is 2.91. The van der Waals surface area contributed by atoms with E-state index in [0.29, 0.717) is 0 Å². The predicted octanol–water partition coefficient (Wildman–Crippen LogP) is 4.62. The first-order valence-electron chi connectivity index (χ1n) is 8.50. The van der Waals surface area contributed by atoms with Crippen LogP contribution in [0, 0.1) is 18.8 Å². The second-order valence-electron chi connectivity index (χ2n) is 6.43. The van der Waals surface area contributed by atoms with Crippen LogP contribution < -0.4 is 5.32 Å². The number of unbranched alkanes of at least 4 members (excludes halogenated alkanes) is 1. The third-order valence-electron chi connectivity index (χ3n) is 4.74. The molecule has 1 N–H and O–H groups in total. The lowest BCUT2D eigenvalue weighted by Gasteiger charge is -2.28. The zero-order valence-corrected chi connectivity index (χ0v) is 13.5. The molecule has 3 heteroatoms. The molecule has 114 valence electrons. The molecular weight excluding hydrogens is 246 g/mol. The summed E-state index contributed by atoms with van der Waals surface area (Å²) in [6.45, 7) is 8.83. The van der Waals surface area contributed by atoms with E-state index in [1.54, 1.807) is 0 Å². The van der Waals surface area contributed by atoms with Crippen LogP contribution in [0.25, 0.3) is 0 Å². The smallest absolute Gasteiger partial charge is 0.203 e. The summed E-state index contributed by atoms with van der Waals surface area (Å²) in [6.07, 6.45) is 11.6. The number of imidazole rings is 1. The Morgan fingerprint density at radius 2 is 1.90 bits per heavy atom. The topological polar surface area (TPSA) is 29.9 Å². The summed E-state index contributed by atoms with van der Waals surface area (Å²) in [7, 11) is 0. The molecular formula is C17H31N3. The molecule has 0 spiro atoms. The Hall–Kier alpha value is -0.990. The Bertz CT molecular complexity index is 389. The zero-order chi connectivity index (χ0) is 14.4. The third kappa shape index (κ3) is 4.26. The van der Waals surface area contributed by atoms with Gasteiger partial charge in [0, 0.05) is 19.3 Å². The van der Waals surface area contributed by atoms with Crippen LogP contribution in [0.3, 0.4) is 0 Å². The summed E-state index contributed by atoms with van der Waals surface area (Å²) in [5, 5.41) is 3.60. The molecule has 1 aromatic rings. The van der Waals surface area contributed by atoms with Gasteiger partial charge in [-0.15, -0.1) is 0 Å². The van der Waals surface area contributed by atoms with Gasteiger partial charge in [-0.1, -0.05) is 39.5 Å². The molecule has 0 unspecified atom stereocenters. The molecule has 1 heterocycles. The molecule has 20 heavy (non-hydrogen) atoms. The first kappa shape index (κ1) is 15.4. The monoisotopic (exact) mass is 277 g/mol. The maximum absolute atomic E-state index is 4.63. The van der Waals surface area contributed by atoms with Crippen molar-refractivity contribution in [1.29, 1.82) is 0 Å². The van der Waals surface area contributed by atoms with Crippen molar-refractivity contribution < 1.29 is 0 Å². The molecule has 3 nitrogen and oxygen atoms in total. The number of nitrogens with zero attached hydrogens (tertiary/aromatic N) is 2. The lowest BCUT2D eigenvalue weighted by atomic mass is 9.81. The van der Waals surface area contributed by atoms with Gasteiger partial charge in [-0.2, -0.15) is 0 Å². The summed E-state index contributed by atoms with van der Waals surface area (Å²) in [5.41, 5.74) is 1.12. The van der Waals surface area contributed by atoms with Gasteiger partial charge in [0.15, 0.2) is 0 Å². The minimum absolute atomic E-state index is 0.842. The highest BCUT2D eigenvalue weighted by Crippen LogP contribution is 2.30. The number of rotatable bonds is 7. The highest BCUT2D eigenvalue weighted by Gasteiger charge is 2.20. The standard InChI is InChI=1S/C17H31N3/c1-4-6-11-20-13-14(3)19-17(20)18-12-16-9-7-15(5-2)8-10-16/h13,15-16H,4-12H2,1-3H3,(H,18,19). The fourth-order valence-electron chi connectivity index (χ4n) is 3.27. The van der Waals surface area contributed by atoms with Crippen molar-refractivity contribution in [3.05, 3.63) is 11.9 Å². The Labute approximate surface area is 124 Å². The lowest BCUT2D eigenvalue weighted by molar-refractivity contribution is 0.278. The number of hydrogen-bond donors (Lipinski definition) is 1. The molecule has 0 aromatic carbocycles. The third-order valence-corrected chi connectivity index (χ3v) is 4.74. The zero-order valence-electron chi connectivity index (χ0n) is 13.5. The SMILES string of the molecule is CCCCn1cc(C)nc1NCC1CCC(CC)CC1. The van der Waals surface area contributed by atoms with Crippen molar-refractivity contribution in [2.75, 3.05) is 11.9 Å². The molecule has 1 fully saturated rings. The molecule has 1 saturated carbocycles. The quantitative estimate of drug-likeness (QED) is 0.788. The molecule has 0 atom stereocenters. The van der Waals surface area contributed by atoms with Gasteiger partial charge in [0.05, 0.1) is 5.69 Å². The van der Waals surface area contributed by atoms with E-state index >= 15 is 0 Å². The van der Waals surface area contributed by atoms with Crippen LogP contribution in [0.5, 0.6) is 0 Å². The van der Waals surface area contributed by atoms with E-state index < -0.39 is 0 Å². The van der Waals surface area contributed by atoms with Gasteiger partial charge in [0.25, 0.3) is 0 Å². The van der Waals surface area contributed by atoms with E-state index in [1.807, 2.05) is 0 Å². The largest absolute Gasteiger partial charge is 0.355 e. The summed E-state index contributed by atoms with van der Waals surface area (Å²) in [4.78, 5) is 4.63. The van der Waals surface area contributed by atoms with Crippen molar-refractivity contribution in [1.82, 2.24) is 9.55 Å². The summed E-state index contributed by atoms with van der Waals surface area (Å²) in [6, 6.07) is 0. The second kappa shape index (κ2) is 7.70. The Morgan fingerprint density at radius 1 is 1.20 bits per heavy atom. The van der Waals surface area contributed by atoms with E-state index in [1.165, 1.54) is 44.9 Å². The van der Waals surface area contributed by atoms with E-state index in [0.717, 1.165) is 36.6 Å². The Balaban J connectivity index is 1.81. The summed E-state index contributed by atoms with van der Waals surface area (Å²) < 4.78 is 2.29. The van der Waals surface area contributed by atoms with Crippen LogP contribution in [0.4, 0.5) is 5.95 Å². The molecule has 0 aliphatic heterocycles. The summed E-state index contributed by atoms with van der Waals surface area (Å²) >= 11 is 0. The first-order chi connectivity index (χ1) is 9.72. The molecule has 1 aliphatic carbocycles. The number of aromatic nitrogens is 2. The molecule has 0 amide bonds. The van der Waals surface area contributed by atoms with E-state index in [4.69, 9.17) is 0 Å². The number of anilines is 1. The number of aryl methyl sites for hydroxylation is 2. The highest BCUT2D eigenvalue weighted by molar-refractivity contribution is 5.28. The molecule has 1 aliphatic rings. The van der Waals surface area contributed by atoms with Gasteiger partial charge in [-0.3, -0.25) is 0 Å². The van der Waals surface area contributed by atoms with Crippen LogP contribution >= 0.6 is 0 Å². The van der Waals surface area contributed by atoms with Crippen LogP contribution in [0.1, 0.15) is 64.5 Å². The fraction of sp³-hybridized carbons (Fsp3) is 0.824. The number of nitrogens with one attached hydrogen (secondary N) is 1. The van der Waals surface area contributed by atoms with Gasteiger partial charge in [0.2, 0.25) is 5.95 Å². The van der Waals surface area contributed by atoms with Gasteiger partial charge >= 0.3 is 0 Å². The van der Waals surface area contributed by atoms with Crippen molar-refractivity contribution in [3.63, 3.8) is 0 Å². The fourth-order valence-corrected chi connectivity index (χ4v) is 3.27. The van der Waals surface area contributed by atoms with Gasteiger partial charge < -0.3 is 9.88 Å². The second-order valence-corrected chi connectivity index (χ2v) is 6.43. The van der Waals surface area contributed by atoms with E-state index in [-0.39, 0.29) is 0 Å². The average Bonchev–Trinajstić information content (AvgIpc) is 2.83. The van der Waals surface area contributed by atoms with Crippen molar-refractivity contribution in [2.24, 2.45) is 11.8 Å². The molecule has 0 saturated heterocycles. The van der Waals surface area contributed by atoms with Gasteiger partial charge in [-0.05, 0) is 38.0 Å². The van der Waals surface area contributed by atoms with Crippen molar-refractivity contribution >= 4 is 5.95 Å². The average molecular weight is 277 g/mol. The Kier molecular flexibility index (Phi) is 5.93. The minimum Gasteiger partial charge on any atom is -0.355 e. The van der Waals surface area contributed by atoms with Crippen molar-refractivity contribution in [3.8, 4) is 0 Å². The lowest BCUT2D eigenvalue weighted by Crippen LogP contribution is -2.22. The normalized spacial score (nSPS) is 22.9. The van der Waals surface area contributed by atoms with E-state index in [2.05, 4.69) is 41.8 Å². The minimum atomic E-state index is 0.842. The highest BCUT2D eigenvalue weighted by atomic mass is 15.2. The van der Waals surface area contributed by atoms with Gasteiger partial charge in [0.1, 0.15) is 0 Å². The van der Waals surface area contributed by atoms with Crippen molar-refractivity contribution in [2.45, 2.75) is 72.3 Å². The molecule has 2 rings (SSSR count). The molecule has 0 bridgehead atoms. The first-order valence-corrected chi connectivity index (χ1v) is 8.50. The van der Waals surface area contributed by atoms with Gasteiger partial charge in [-0.25, -0.2) is 4.98 Å². The number of hydrogen-bond acceptors (Lipinski definition) is 2.